The number of benzene rings is 1. The SMILES string of the molecule is NC(=O)c1cc(-c2ccc(CN3CCCOCC3)cc2)c(C(F)(F)F)[nH]c1=O. The number of nitrogens with zero attached hydrogens (tertiary/aromatic N) is 1. The van der Waals surface area contributed by atoms with Gasteiger partial charge < -0.3 is 15.5 Å². The van der Waals surface area contributed by atoms with Gasteiger partial charge in [-0.05, 0) is 23.6 Å². The van der Waals surface area contributed by atoms with Gasteiger partial charge in [-0.2, -0.15) is 13.2 Å². The van der Waals surface area contributed by atoms with Gasteiger partial charge in [0.1, 0.15) is 11.3 Å². The van der Waals surface area contributed by atoms with Gasteiger partial charge in [-0.3, -0.25) is 14.5 Å². The summed E-state index contributed by atoms with van der Waals surface area (Å²) in [5.74, 6) is -1.09. The second kappa shape index (κ2) is 8.15. The van der Waals surface area contributed by atoms with E-state index in [0.717, 1.165) is 37.7 Å². The molecular formula is C19H20F3N3O3. The van der Waals surface area contributed by atoms with E-state index in [0.29, 0.717) is 13.2 Å². The van der Waals surface area contributed by atoms with Crippen LogP contribution in [0, 0.1) is 0 Å². The predicted molar refractivity (Wildman–Crippen MR) is 96.7 cm³/mol. The number of aromatic nitrogens is 1. The number of pyridine rings is 1. The summed E-state index contributed by atoms with van der Waals surface area (Å²) in [4.78, 5) is 27.1. The molecule has 2 aromatic rings. The molecule has 2 heterocycles. The number of carbonyl (C=O) groups is 1. The standard InChI is InChI=1S/C19H20F3N3O3/c20-19(21,22)16-14(10-15(17(23)26)18(27)24-16)13-4-2-12(3-5-13)11-25-6-1-8-28-9-7-25/h2-5,10H,1,6-9,11H2,(H2,23,26)(H,24,27). The van der Waals surface area contributed by atoms with Gasteiger partial charge in [-0.15, -0.1) is 0 Å². The van der Waals surface area contributed by atoms with Crippen molar-refractivity contribution < 1.29 is 22.7 Å². The molecule has 9 heteroatoms. The molecule has 1 saturated heterocycles. The lowest BCUT2D eigenvalue weighted by Gasteiger charge is -2.19. The van der Waals surface area contributed by atoms with Crippen molar-refractivity contribution in [3.05, 3.63) is 57.5 Å². The summed E-state index contributed by atoms with van der Waals surface area (Å²) < 4.78 is 45.5. The maximum atomic E-state index is 13.4. The first-order chi connectivity index (χ1) is 13.3. The minimum Gasteiger partial charge on any atom is -0.380 e. The number of aromatic amines is 1. The van der Waals surface area contributed by atoms with Crippen LogP contribution in [-0.2, 0) is 17.5 Å². The normalized spacial score (nSPS) is 16.0. The summed E-state index contributed by atoms with van der Waals surface area (Å²) in [5.41, 5.74) is 3.10. The van der Waals surface area contributed by atoms with E-state index in [1.54, 1.807) is 17.1 Å². The Morgan fingerprint density at radius 3 is 2.54 bits per heavy atom. The number of primary amides is 1. The van der Waals surface area contributed by atoms with Crippen molar-refractivity contribution in [1.29, 1.82) is 0 Å². The molecule has 150 valence electrons. The number of amides is 1. The van der Waals surface area contributed by atoms with E-state index in [2.05, 4.69) is 4.90 Å². The number of ether oxygens (including phenoxy) is 1. The van der Waals surface area contributed by atoms with Crippen LogP contribution in [-0.4, -0.2) is 42.1 Å². The molecule has 1 aromatic heterocycles. The summed E-state index contributed by atoms with van der Waals surface area (Å²) in [6, 6.07) is 7.44. The average molecular weight is 395 g/mol. The highest BCUT2D eigenvalue weighted by molar-refractivity contribution is 5.93. The van der Waals surface area contributed by atoms with Crippen LogP contribution in [0.4, 0.5) is 13.2 Å². The van der Waals surface area contributed by atoms with Crippen LogP contribution in [0.25, 0.3) is 11.1 Å². The highest BCUT2D eigenvalue weighted by atomic mass is 19.4. The fourth-order valence-electron chi connectivity index (χ4n) is 3.17. The molecule has 0 aliphatic carbocycles. The molecule has 1 fully saturated rings. The molecule has 0 radical (unpaired) electrons. The van der Waals surface area contributed by atoms with Crippen molar-refractivity contribution in [2.45, 2.75) is 19.1 Å². The Bertz CT molecular complexity index is 899. The topological polar surface area (TPSA) is 88.4 Å². The maximum absolute atomic E-state index is 13.4. The lowest BCUT2D eigenvalue weighted by atomic mass is 10.00. The molecule has 3 rings (SSSR count). The van der Waals surface area contributed by atoms with Crippen molar-refractivity contribution >= 4 is 5.91 Å². The number of H-pyrrole nitrogens is 1. The number of rotatable bonds is 4. The number of halogens is 3. The van der Waals surface area contributed by atoms with E-state index in [4.69, 9.17) is 10.5 Å². The van der Waals surface area contributed by atoms with E-state index in [-0.39, 0.29) is 11.1 Å². The summed E-state index contributed by atoms with van der Waals surface area (Å²) in [6.45, 7) is 3.72. The first kappa shape index (κ1) is 20.1. The lowest BCUT2D eigenvalue weighted by molar-refractivity contribution is -0.140. The highest BCUT2D eigenvalue weighted by Gasteiger charge is 2.36. The quantitative estimate of drug-likeness (QED) is 0.832. The predicted octanol–water partition coefficient (Wildman–Crippen LogP) is 2.38. The first-order valence-electron chi connectivity index (χ1n) is 8.79. The van der Waals surface area contributed by atoms with Crippen molar-refractivity contribution in [3.8, 4) is 11.1 Å². The Hall–Kier alpha value is -2.65. The molecule has 1 amide bonds. The zero-order valence-corrected chi connectivity index (χ0v) is 15.0. The molecule has 1 aliphatic heterocycles. The van der Waals surface area contributed by atoms with Gasteiger partial charge in [0.25, 0.3) is 11.5 Å². The summed E-state index contributed by atoms with van der Waals surface area (Å²) >= 11 is 0. The Balaban J connectivity index is 1.93. The van der Waals surface area contributed by atoms with Crippen LogP contribution in [0.1, 0.15) is 28.0 Å². The molecule has 0 spiro atoms. The summed E-state index contributed by atoms with van der Waals surface area (Å²) in [6.07, 6.45) is -3.85. The van der Waals surface area contributed by atoms with Crippen molar-refractivity contribution in [2.24, 2.45) is 5.73 Å². The zero-order chi connectivity index (χ0) is 20.3. The third-order valence-corrected chi connectivity index (χ3v) is 4.58. The molecular weight excluding hydrogens is 375 g/mol. The number of carbonyl (C=O) groups excluding carboxylic acids is 1. The minimum atomic E-state index is -4.78. The molecule has 6 nitrogen and oxygen atoms in total. The Morgan fingerprint density at radius 2 is 1.89 bits per heavy atom. The number of hydrogen-bond donors (Lipinski definition) is 2. The van der Waals surface area contributed by atoms with Gasteiger partial charge in [-0.25, -0.2) is 0 Å². The first-order valence-corrected chi connectivity index (χ1v) is 8.79. The molecule has 0 atom stereocenters. The molecule has 28 heavy (non-hydrogen) atoms. The second-order valence-corrected chi connectivity index (χ2v) is 6.60. The van der Waals surface area contributed by atoms with Crippen molar-refractivity contribution in [2.75, 3.05) is 26.3 Å². The molecule has 1 aromatic carbocycles. The van der Waals surface area contributed by atoms with Gasteiger partial charge in [0, 0.05) is 31.8 Å². The molecule has 0 unspecified atom stereocenters. The highest BCUT2D eigenvalue weighted by Crippen LogP contribution is 2.35. The van der Waals surface area contributed by atoms with E-state index < -0.39 is 28.9 Å². The Labute approximate surface area is 159 Å². The van der Waals surface area contributed by atoms with Gasteiger partial charge >= 0.3 is 6.18 Å². The smallest absolute Gasteiger partial charge is 0.380 e. The third-order valence-electron chi connectivity index (χ3n) is 4.58. The van der Waals surface area contributed by atoms with E-state index in [1.165, 1.54) is 12.1 Å². The second-order valence-electron chi connectivity index (χ2n) is 6.60. The number of hydrogen-bond acceptors (Lipinski definition) is 4. The monoisotopic (exact) mass is 395 g/mol. The van der Waals surface area contributed by atoms with Gasteiger partial charge in [0.05, 0.1) is 6.61 Å². The summed E-state index contributed by atoms with van der Waals surface area (Å²) in [7, 11) is 0. The fraction of sp³-hybridized carbons (Fsp3) is 0.368. The number of alkyl halides is 3. The minimum absolute atomic E-state index is 0.231. The maximum Gasteiger partial charge on any atom is 0.431 e. The van der Waals surface area contributed by atoms with Crippen molar-refractivity contribution in [1.82, 2.24) is 9.88 Å². The fourth-order valence-corrected chi connectivity index (χ4v) is 3.17. The molecule has 0 saturated carbocycles. The largest absolute Gasteiger partial charge is 0.431 e. The zero-order valence-electron chi connectivity index (χ0n) is 15.0. The third kappa shape index (κ3) is 4.60. The Kier molecular flexibility index (Phi) is 5.85. The lowest BCUT2D eigenvalue weighted by Crippen LogP contribution is -2.27. The Morgan fingerprint density at radius 1 is 1.18 bits per heavy atom. The van der Waals surface area contributed by atoms with Crippen LogP contribution >= 0.6 is 0 Å². The van der Waals surface area contributed by atoms with E-state index in [9.17, 15) is 22.8 Å². The van der Waals surface area contributed by atoms with Crippen LogP contribution in [0.2, 0.25) is 0 Å². The van der Waals surface area contributed by atoms with E-state index in [1.807, 2.05) is 0 Å². The van der Waals surface area contributed by atoms with Crippen LogP contribution < -0.4 is 11.3 Å². The average Bonchev–Trinajstić information content (AvgIpc) is 2.90. The number of nitrogens with two attached hydrogens (primary N) is 1. The van der Waals surface area contributed by atoms with E-state index >= 15 is 0 Å². The summed E-state index contributed by atoms with van der Waals surface area (Å²) in [5, 5.41) is 0. The van der Waals surface area contributed by atoms with Crippen molar-refractivity contribution in [3.63, 3.8) is 0 Å². The van der Waals surface area contributed by atoms with Crippen LogP contribution in [0.5, 0.6) is 0 Å². The van der Waals surface area contributed by atoms with Crippen LogP contribution in [0.15, 0.2) is 35.1 Å². The molecule has 3 N–H and O–H groups in total. The van der Waals surface area contributed by atoms with Gasteiger partial charge in [0.15, 0.2) is 0 Å². The molecule has 0 bridgehead atoms. The molecule has 1 aliphatic rings. The van der Waals surface area contributed by atoms with Gasteiger partial charge in [-0.1, -0.05) is 24.3 Å². The van der Waals surface area contributed by atoms with Crippen LogP contribution in [0.3, 0.4) is 0 Å². The van der Waals surface area contributed by atoms with Gasteiger partial charge in [0.2, 0.25) is 0 Å². The number of nitrogens with one attached hydrogen (secondary N) is 1.